The summed E-state index contributed by atoms with van der Waals surface area (Å²) in [6.07, 6.45) is -0.0394. The van der Waals surface area contributed by atoms with Gasteiger partial charge in [-0.25, -0.2) is 17.6 Å². The molecule has 0 aliphatic carbocycles. The van der Waals surface area contributed by atoms with Crippen LogP contribution in [-0.2, 0) is 9.59 Å². The van der Waals surface area contributed by atoms with Gasteiger partial charge in [-0.05, 0) is 0 Å². The van der Waals surface area contributed by atoms with E-state index in [-0.39, 0.29) is 12.1 Å². The average molecular weight is 281 g/mol. The van der Waals surface area contributed by atoms with Gasteiger partial charge in [0.15, 0.2) is 23.3 Å². The maximum Gasteiger partial charge on any atom is 0.310 e. The van der Waals surface area contributed by atoms with Crippen LogP contribution in [0.3, 0.4) is 0 Å². The molecule has 1 rings (SSSR count). The molecular weight excluding hydrogens is 270 g/mol. The molecular formula is C11H11F4NO3. The number of halogens is 4. The maximum absolute atomic E-state index is 12.9. The van der Waals surface area contributed by atoms with Gasteiger partial charge in [0.05, 0.1) is 5.69 Å². The third kappa shape index (κ3) is 4.94. The molecule has 1 aromatic carbocycles. The van der Waals surface area contributed by atoms with Crippen molar-refractivity contribution in [2.75, 3.05) is 19.0 Å². The quantitative estimate of drug-likeness (QED) is 0.302. The smallest absolute Gasteiger partial charge is 0.310 e. The zero-order chi connectivity index (χ0) is 15.2. The summed E-state index contributed by atoms with van der Waals surface area (Å²) in [6.45, 7) is 0. The molecule has 19 heavy (non-hydrogen) atoms. The second-order valence-corrected chi connectivity index (χ2v) is 3.48. The van der Waals surface area contributed by atoms with Crippen LogP contribution in [-0.4, -0.2) is 31.5 Å². The molecule has 0 amide bonds. The zero-order valence-electron chi connectivity index (χ0n) is 10.1. The second kappa shape index (κ2) is 7.34. The van der Waals surface area contributed by atoms with Crippen LogP contribution in [0.1, 0.15) is 6.42 Å². The standard InChI is InChI=1S/C8H7F4N.C3H4O3/c1-13(2)5-3-4(9)6(10)8(12)7(5)11;4-2-1-3(5)6/h3H,1-2H3;2H,1H2,(H,5,6). The van der Waals surface area contributed by atoms with E-state index in [1.165, 1.54) is 14.1 Å². The number of aliphatic carboxylic acids is 1. The van der Waals surface area contributed by atoms with Crippen molar-refractivity contribution in [2.45, 2.75) is 6.42 Å². The Morgan fingerprint density at radius 1 is 1.21 bits per heavy atom. The maximum atomic E-state index is 12.9. The first-order chi connectivity index (χ1) is 8.72. The lowest BCUT2D eigenvalue weighted by Gasteiger charge is -2.13. The summed E-state index contributed by atoms with van der Waals surface area (Å²) >= 11 is 0. The molecule has 106 valence electrons. The van der Waals surface area contributed by atoms with E-state index in [0.717, 1.165) is 4.90 Å². The zero-order valence-corrected chi connectivity index (χ0v) is 10.1. The topological polar surface area (TPSA) is 57.6 Å². The summed E-state index contributed by atoms with van der Waals surface area (Å²) in [6, 6.07) is 0.605. The predicted octanol–water partition coefficient (Wildman–Crippen LogP) is 1.97. The van der Waals surface area contributed by atoms with Crippen LogP contribution in [0.5, 0.6) is 0 Å². The highest BCUT2D eigenvalue weighted by Gasteiger charge is 2.19. The molecule has 0 aromatic heterocycles. The number of hydrogen-bond donors (Lipinski definition) is 1. The van der Waals surface area contributed by atoms with Gasteiger partial charge in [0.1, 0.15) is 12.7 Å². The lowest BCUT2D eigenvalue weighted by molar-refractivity contribution is -0.138. The number of hydrogen-bond acceptors (Lipinski definition) is 3. The summed E-state index contributed by atoms with van der Waals surface area (Å²) < 4.78 is 50.5. The normalized spacial score (nSPS) is 9.37. The predicted molar refractivity (Wildman–Crippen MR) is 58.9 cm³/mol. The average Bonchev–Trinajstić information content (AvgIpc) is 2.31. The van der Waals surface area contributed by atoms with Gasteiger partial charge in [-0.3, -0.25) is 4.79 Å². The van der Waals surface area contributed by atoms with Crippen molar-refractivity contribution in [2.24, 2.45) is 0 Å². The third-order valence-corrected chi connectivity index (χ3v) is 1.82. The molecule has 0 aliphatic heterocycles. The largest absolute Gasteiger partial charge is 0.481 e. The molecule has 4 nitrogen and oxygen atoms in total. The first-order valence-corrected chi connectivity index (χ1v) is 4.88. The van der Waals surface area contributed by atoms with Crippen LogP contribution in [0, 0.1) is 23.3 Å². The molecule has 0 saturated heterocycles. The molecule has 0 radical (unpaired) electrons. The first kappa shape index (κ1) is 16.9. The Balaban J connectivity index is 0.000000459. The van der Waals surface area contributed by atoms with Gasteiger partial charge in [0.25, 0.3) is 0 Å². The number of nitrogens with zero attached hydrogens (tertiary/aromatic N) is 1. The third-order valence-electron chi connectivity index (χ3n) is 1.82. The molecule has 0 spiro atoms. The van der Waals surface area contributed by atoms with Crippen LogP contribution >= 0.6 is 0 Å². The van der Waals surface area contributed by atoms with Crippen LogP contribution < -0.4 is 4.90 Å². The molecule has 0 aliphatic rings. The Morgan fingerprint density at radius 2 is 1.74 bits per heavy atom. The van der Waals surface area contributed by atoms with E-state index in [9.17, 15) is 27.2 Å². The Morgan fingerprint density at radius 3 is 2.05 bits per heavy atom. The number of aldehydes is 1. The van der Waals surface area contributed by atoms with E-state index in [2.05, 4.69) is 0 Å². The highest BCUT2D eigenvalue weighted by atomic mass is 19.2. The summed E-state index contributed by atoms with van der Waals surface area (Å²) in [5, 5.41) is 7.68. The number of rotatable bonds is 3. The van der Waals surface area contributed by atoms with E-state index in [1.54, 1.807) is 0 Å². The van der Waals surface area contributed by atoms with E-state index >= 15 is 0 Å². The fourth-order valence-electron chi connectivity index (χ4n) is 0.957. The monoisotopic (exact) mass is 281 g/mol. The van der Waals surface area contributed by atoms with E-state index in [4.69, 9.17) is 5.11 Å². The number of carbonyl (C=O) groups excluding carboxylic acids is 1. The minimum atomic E-state index is -1.79. The van der Waals surface area contributed by atoms with Gasteiger partial charge in [0.2, 0.25) is 0 Å². The summed E-state index contributed by atoms with van der Waals surface area (Å²) in [7, 11) is 2.80. The molecule has 8 heteroatoms. The lowest BCUT2D eigenvalue weighted by atomic mass is 10.2. The highest BCUT2D eigenvalue weighted by molar-refractivity contribution is 5.82. The Kier molecular flexibility index (Phi) is 6.53. The second-order valence-electron chi connectivity index (χ2n) is 3.48. The van der Waals surface area contributed by atoms with Gasteiger partial charge in [-0.15, -0.1) is 0 Å². The van der Waals surface area contributed by atoms with Gasteiger partial charge in [-0.2, -0.15) is 0 Å². The number of carbonyl (C=O) groups is 2. The molecule has 0 unspecified atom stereocenters. The highest BCUT2D eigenvalue weighted by Crippen LogP contribution is 2.24. The Bertz CT molecular complexity index is 477. The molecule has 0 bridgehead atoms. The van der Waals surface area contributed by atoms with Crippen LogP contribution in [0.2, 0.25) is 0 Å². The summed E-state index contributed by atoms with van der Waals surface area (Å²) in [4.78, 5) is 19.8. The van der Waals surface area contributed by atoms with Crippen molar-refractivity contribution >= 4 is 17.9 Å². The van der Waals surface area contributed by atoms with Gasteiger partial charge >= 0.3 is 5.97 Å². The fourth-order valence-corrected chi connectivity index (χ4v) is 0.957. The minimum Gasteiger partial charge on any atom is -0.481 e. The summed E-state index contributed by atoms with van der Waals surface area (Å²) in [5.74, 6) is -7.44. The minimum absolute atomic E-state index is 0.323. The van der Waals surface area contributed by atoms with Crippen LogP contribution in [0.25, 0.3) is 0 Å². The van der Waals surface area contributed by atoms with Crippen molar-refractivity contribution in [3.8, 4) is 0 Å². The van der Waals surface area contributed by atoms with Crippen LogP contribution in [0.15, 0.2) is 6.07 Å². The molecule has 0 heterocycles. The van der Waals surface area contributed by atoms with Gasteiger partial charge in [-0.1, -0.05) is 0 Å². The van der Waals surface area contributed by atoms with Gasteiger partial charge in [0, 0.05) is 20.2 Å². The van der Waals surface area contributed by atoms with E-state index in [1.807, 2.05) is 0 Å². The van der Waals surface area contributed by atoms with Crippen molar-refractivity contribution in [1.29, 1.82) is 0 Å². The molecule has 0 saturated carbocycles. The molecule has 1 aromatic rings. The van der Waals surface area contributed by atoms with E-state index < -0.39 is 29.2 Å². The van der Waals surface area contributed by atoms with Crippen molar-refractivity contribution in [3.63, 3.8) is 0 Å². The van der Waals surface area contributed by atoms with E-state index in [0.29, 0.717) is 12.4 Å². The van der Waals surface area contributed by atoms with Crippen molar-refractivity contribution in [1.82, 2.24) is 0 Å². The first-order valence-electron chi connectivity index (χ1n) is 4.88. The van der Waals surface area contributed by atoms with Crippen molar-refractivity contribution in [3.05, 3.63) is 29.3 Å². The van der Waals surface area contributed by atoms with Gasteiger partial charge < -0.3 is 14.8 Å². The summed E-state index contributed by atoms with van der Waals surface area (Å²) in [5.41, 5.74) is -0.323. The molecule has 1 N–H and O–H groups in total. The van der Waals surface area contributed by atoms with Crippen LogP contribution in [0.4, 0.5) is 23.2 Å². The molecule has 0 atom stereocenters. The lowest BCUT2D eigenvalue weighted by Crippen LogP contribution is -2.13. The SMILES string of the molecule is CN(C)c1cc(F)c(F)c(F)c1F.O=CCC(=O)O. The fraction of sp³-hybridized carbons (Fsp3) is 0.273. The van der Waals surface area contributed by atoms with Crippen molar-refractivity contribution < 1.29 is 32.3 Å². The Hall–Kier alpha value is -2.12. The Labute approximate surface area is 106 Å². The number of carboxylic acid groups (broad SMARTS) is 1. The number of anilines is 1. The molecule has 0 fully saturated rings. The number of carboxylic acids is 1. The number of benzene rings is 1.